The molecule has 1 heterocycles. The minimum absolute atomic E-state index is 0.772. The number of pyridine rings is 1. The molecule has 0 aliphatic carbocycles. The maximum atomic E-state index is 5.15. The zero-order valence-corrected chi connectivity index (χ0v) is 11.0. The van der Waals surface area contributed by atoms with Crippen molar-refractivity contribution in [3.63, 3.8) is 0 Å². The summed E-state index contributed by atoms with van der Waals surface area (Å²) in [7, 11) is 0. The molecule has 1 aromatic heterocycles. The first kappa shape index (κ1) is 12.4. The Morgan fingerprint density at radius 3 is 3.13 bits per heavy atom. The Bertz CT molecular complexity index is 360. The SMILES string of the molecule is C#CCSCCNc1cc(C)c(Br)cn1. The number of hydrogen-bond donors (Lipinski definition) is 1. The van der Waals surface area contributed by atoms with Gasteiger partial charge >= 0.3 is 0 Å². The molecule has 0 saturated carbocycles. The zero-order valence-electron chi connectivity index (χ0n) is 8.59. The van der Waals surface area contributed by atoms with E-state index in [2.05, 4.69) is 32.2 Å². The van der Waals surface area contributed by atoms with Crippen molar-refractivity contribution >= 4 is 33.5 Å². The standard InChI is InChI=1S/C11H13BrN2S/c1-3-5-15-6-4-13-11-7-9(2)10(12)8-14-11/h1,7-8H,4-6H2,2H3,(H,13,14). The molecule has 4 heteroatoms. The second-order valence-corrected chi connectivity index (χ2v) is 4.96. The third kappa shape index (κ3) is 4.59. The first-order valence-corrected chi connectivity index (χ1v) is 6.56. The minimum Gasteiger partial charge on any atom is -0.369 e. The van der Waals surface area contributed by atoms with Crippen LogP contribution in [0.3, 0.4) is 0 Å². The van der Waals surface area contributed by atoms with Crippen molar-refractivity contribution in [2.24, 2.45) is 0 Å². The minimum atomic E-state index is 0.772. The van der Waals surface area contributed by atoms with Crippen LogP contribution >= 0.6 is 27.7 Å². The van der Waals surface area contributed by atoms with E-state index in [1.807, 2.05) is 19.2 Å². The topological polar surface area (TPSA) is 24.9 Å². The van der Waals surface area contributed by atoms with Gasteiger partial charge in [0.15, 0.2) is 0 Å². The fourth-order valence-corrected chi connectivity index (χ4v) is 1.74. The lowest BCUT2D eigenvalue weighted by Gasteiger charge is -2.06. The Morgan fingerprint density at radius 1 is 1.67 bits per heavy atom. The molecule has 0 aromatic carbocycles. The molecule has 0 saturated heterocycles. The molecule has 0 fully saturated rings. The number of aromatic nitrogens is 1. The van der Waals surface area contributed by atoms with Crippen LogP contribution in [0.4, 0.5) is 5.82 Å². The van der Waals surface area contributed by atoms with E-state index in [-0.39, 0.29) is 0 Å². The highest BCUT2D eigenvalue weighted by Crippen LogP contribution is 2.17. The van der Waals surface area contributed by atoms with Gasteiger partial charge in [-0.05, 0) is 34.5 Å². The lowest BCUT2D eigenvalue weighted by Crippen LogP contribution is -2.06. The molecule has 0 aliphatic rings. The molecule has 0 bridgehead atoms. The van der Waals surface area contributed by atoms with Crippen LogP contribution in [0.1, 0.15) is 5.56 Å². The fourth-order valence-electron chi connectivity index (χ4n) is 1.02. The first-order valence-electron chi connectivity index (χ1n) is 4.61. The van der Waals surface area contributed by atoms with E-state index in [4.69, 9.17) is 6.42 Å². The van der Waals surface area contributed by atoms with Crippen LogP contribution in [-0.2, 0) is 0 Å². The number of aryl methyl sites for hydroxylation is 1. The van der Waals surface area contributed by atoms with Gasteiger partial charge in [0.25, 0.3) is 0 Å². The van der Waals surface area contributed by atoms with Gasteiger partial charge in [0, 0.05) is 23.0 Å². The highest BCUT2D eigenvalue weighted by Gasteiger charge is 1.97. The predicted molar refractivity (Wildman–Crippen MR) is 71.3 cm³/mol. The van der Waals surface area contributed by atoms with E-state index in [1.54, 1.807) is 11.8 Å². The molecule has 0 radical (unpaired) electrons. The Kier molecular flexibility index (Phi) is 5.59. The number of thioether (sulfide) groups is 1. The molecule has 2 nitrogen and oxygen atoms in total. The normalized spacial score (nSPS) is 9.67. The predicted octanol–water partition coefficient (Wildman–Crippen LogP) is 2.93. The maximum Gasteiger partial charge on any atom is 0.126 e. The molecule has 0 amide bonds. The summed E-state index contributed by atoms with van der Waals surface area (Å²) in [6, 6.07) is 2.02. The largest absolute Gasteiger partial charge is 0.369 e. The average Bonchev–Trinajstić information content (AvgIpc) is 2.23. The molecule has 1 N–H and O–H groups in total. The van der Waals surface area contributed by atoms with Gasteiger partial charge in [-0.2, -0.15) is 0 Å². The maximum absolute atomic E-state index is 5.15. The van der Waals surface area contributed by atoms with Crippen LogP contribution in [0.25, 0.3) is 0 Å². The van der Waals surface area contributed by atoms with Crippen molar-refractivity contribution in [2.75, 3.05) is 23.4 Å². The van der Waals surface area contributed by atoms with Crippen LogP contribution in [0.2, 0.25) is 0 Å². The molecule has 1 aromatic rings. The van der Waals surface area contributed by atoms with Gasteiger partial charge in [0.2, 0.25) is 0 Å². The van der Waals surface area contributed by atoms with Crippen molar-refractivity contribution in [3.05, 3.63) is 22.3 Å². The smallest absolute Gasteiger partial charge is 0.126 e. The number of terminal acetylenes is 1. The molecule has 0 spiro atoms. The summed E-state index contributed by atoms with van der Waals surface area (Å²) in [6.07, 6.45) is 6.96. The van der Waals surface area contributed by atoms with Gasteiger partial charge in [-0.15, -0.1) is 18.2 Å². The molecule has 0 atom stereocenters. The average molecular weight is 285 g/mol. The van der Waals surface area contributed by atoms with Gasteiger partial charge in [-0.1, -0.05) is 5.92 Å². The molecular weight excluding hydrogens is 272 g/mol. The van der Waals surface area contributed by atoms with Crippen molar-refractivity contribution < 1.29 is 0 Å². The number of rotatable bonds is 5. The van der Waals surface area contributed by atoms with E-state index in [0.717, 1.165) is 28.3 Å². The molecule has 0 aliphatic heterocycles. The Morgan fingerprint density at radius 2 is 2.47 bits per heavy atom. The lowest BCUT2D eigenvalue weighted by molar-refractivity contribution is 1.15. The van der Waals surface area contributed by atoms with E-state index >= 15 is 0 Å². The summed E-state index contributed by atoms with van der Waals surface area (Å²) in [5.41, 5.74) is 1.18. The number of anilines is 1. The monoisotopic (exact) mass is 284 g/mol. The summed E-state index contributed by atoms with van der Waals surface area (Å²) in [5, 5.41) is 3.25. The molecule has 0 unspecified atom stereocenters. The second kappa shape index (κ2) is 6.76. The van der Waals surface area contributed by atoms with Crippen LogP contribution in [0.5, 0.6) is 0 Å². The molecule has 15 heavy (non-hydrogen) atoms. The van der Waals surface area contributed by atoms with Crippen molar-refractivity contribution in [1.29, 1.82) is 0 Å². The van der Waals surface area contributed by atoms with Crippen molar-refractivity contribution in [2.45, 2.75) is 6.92 Å². The number of nitrogens with zero attached hydrogens (tertiary/aromatic N) is 1. The summed E-state index contributed by atoms with van der Waals surface area (Å²) in [6.45, 7) is 2.93. The lowest BCUT2D eigenvalue weighted by atomic mass is 10.3. The Hall–Kier alpha value is -0.660. The third-order valence-corrected chi connectivity index (χ3v) is 3.48. The van der Waals surface area contributed by atoms with Gasteiger partial charge in [-0.25, -0.2) is 4.98 Å². The van der Waals surface area contributed by atoms with Crippen LogP contribution in [-0.4, -0.2) is 23.0 Å². The third-order valence-electron chi connectivity index (χ3n) is 1.78. The zero-order chi connectivity index (χ0) is 11.1. The van der Waals surface area contributed by atoms with E-state index in [9.17, 15) is 0 Å². The quantitative estimate of drug-likeness (QED) is 0.665. The Balaban J connectivity index is 2.32. The van der Waals surface area contributed by atoms with E-state index < -0.39 is 0 Å². The summed E-state index contributed by atoms with van der Waals surface area (Å²) < 4.78 is 1.04. The van der Waals surface area contributed by atoms with Crippen LogP contribution < -0.4 is 5.32 Å². The molecule has 1 rings (SSSR count). The first-order chi connectivity index (χ1) is 7.24. The van der Waals surface area contributed by atoms with E-state index in [0.29, 0.717) is 0 Å². The Labute approximate surface area is 103 Å². The fraction of sp³-hybridized carbons (Fsp3) is 0.364. The van der Waals surface area contributed by atoms with Crippen LogP contribution in [0.15, 0.2) is 16.7 Å². The van der Waals surface area contributed by atoms with Crippen molar-refractivity contribution in [3.8, 4) is 12.3 Å². The van der Waals surface area contributed by atoms with Gasteiger partial charge in [-0.3, -0.25) is 0 Å². The summed E-state index contributed by atoms with van der Waals surface area (Å²) in [4.78, 5) is 4.25. The summed E-state index contributed by atoms with van der Waals surface area (Å²) in [5.74, 6) is 5.28. The highest BCUT2D eigenvalue weighted by atomic mass is 79.9. The number of nitrogens with one attached hydrogen (secondary N) is 1. The highest BCUT2D eigenvalue weighted by molar-refractivity contribution is 9.10. The molecule has 80 valence electrons. The van der Waals surface area contributed by atoms with Crippen molar-refractivity contribution in [1.82, 2.24) is 4.98 Å². The molecular formula is C11H13BrN2S. The van der Waals surface area contributed by atoms with E-state index in [1.165, 1.54) is 5.56 Å². The van der Waals surface area contributed by atoms with Gasteiger partial charge in [0.1, 0.15) is 5.82 Å². The number of hydrogen-bond acceptors (Lipinski definition) is 3. The number of halogens is 1. The van der Waals surface area contributed by atoms with Crippen LogP contribution in [0, 0.1) is 19.3 Å². The second-order valence-electron chi connectivity index (χ2n) is 3.00. The van der Waals surface area contributed by atoms with Gasteiger partial charge < -0.3 is 5.32 Å². The summed E-state index contributed by atoms with van der Waals surface area (Å²) >= 11 is 5.16. The van der Waals surface area contributed by atoms with Gasteiger partial charge in [0.05, 0.1) is 5.75 Å².